The van der Waals surface area contributed by atoms with E-state index in [0.29, 0.717) is 31.3 Å². The second kappa shape index (κ2) is 7.93. The molecule has 0 aliphatic carbocycles. The average molecular weight is 301 g/mol. The van der Waals surface area contributed by atoms with E-state index in [9.17, 15) is 9.90 Å². The van der Waals surface area contributed by atoms with Crippen molar-refractivity contribution in [1.29, 1.82) is 0 Å². The molecule has 5 nitrogen and oxygen atoms in total. The van der Waals surface area contributed by atoms with Gasteiger partial charge in [0, 0.05) is 5.56 Å². The number of aromatic carboxylic acids is 1. The molecule has 0 aromatic heterocycles. The topological polar surface area (TPSA) is 67.8 Å². The van der Waals surface area contributed by atoms with Gasteiger partial charge in [0.15, 0.2) is 11.5 Å². The number of carbonyl (C=O) groups excluding carboxylic acids is 1. The molecule has 0 heterocycles. The zero-order chi connectivity index (χ0) is 15.8. The molecule has 116 valence electrons. The normalized spacial score (nSPS) is 10.0. The Morgan fingerprint density at radius 2 is 1.68 bits per heavy atom. The minimum atomic E-state index is -1.25. The summed E-state index contributed by atoms with van der Waals surface area (Å²) in [6.45, 7) is 2.92. The molecule has 2 rings (SSSR count). The lowest BCUT2D eigenvalue weighted by atomic mass is 10.2. The quantitative estimate of drug-likeness (QED) is 0.697. The first kappa shape index (κ1) is 15.7. The van der Waals surface area contributed by atoms with Crippen LogP contribution in [0.15, 0.2) is 48.5 Å². The Morgan fingerprint density at radius 1 is 0.955 bits per heavy atom. The minimum Gasteiger partial charge on any atom is -0.545 e. The Labute approximate surface area is 129 Å². The molecule has 2 aromatic rings. The fourth-order valence-corrected chi connectivity index (χ4v) is 1.85. The first-order valence-corrected chi connectivity index (χ1v) is 6.99. The summed E-state index contributed by atoms with van der Waals surface area (Å²) in [6.07, 6.45) is 0. The number of hydrogen-bond acceptors (Lipinski definition) is 5. The molecule has 0 fully saturated rings. The van der Waals surface area contributed by atoms with Crippen LogP contribution < -0.4 is 19.3 Å². The van der Waals surface area contributed by atoms with Gasteiger partial charge in [0.25, 0.3) is 0 Å². The molecule has 0 atom stereocenters. The summed E-state index contributed by atoms with van der Waals surface area (Å²) in [5, 5.41) is 10.9. The molecule has 0 N–H and O–H groups in total. The third kappa shape index (κ3) is 4.41. The molecule has 0 unspecified atom stereocenters. The molecule has 2 aromatic carbocycles. The number of benzene rings is 2. The van der Waals surface area contributed by atoms with E-state index in [2.05, 4.69) is 0 Å². The Bertz CT molecular complexity index is 610. The van der Waals surface area contributed by atoms with Gasteiger partial charge in [-0.1, -0.05) is 18.2 Å². The molecule has 0 spiro atoms. The SMILES string of the molecule is CCOc1cc(C(=O)[O-])ccc1OCCOc1ccccc1. The van der Waals surface area contributed by atoms with E-state index in [1.165, 1.54) is 12.1 Å². The highest BCUT2D eigenvalue weighted by Crippen LogP contribution is 2.28. The van der Waals surface area contributed by atoms with Gasteiger partial charge in [-0.15, -0.1) is 0 Å². The average Bonchev–Trinajstić information content (AvgIpc) is 2.53. The molecule has 22 heavy (non-hydrogen) atoms. The highest BCUT2D eigenvalue weighted by atomic mass is 16.5. The third-order valence-electron chi connectivity index (χ3n) is 2.83. The highest BCUT2D eigenvalue weighted by Gasteiger charge is 2.07. The first-order chi connectivity index (χ1) is 10.7. The zero-order valence-corrected chi connectivity index (χ0v) is 12.3. The standard InChI is InChI=1S/C17H18O5/c1-2-20-16-12-13(17(18)19)8-9-15(16)22-11-10-21-14-6-4-3-5-7-14/h3-9,12H,2,10-11H2,1H3,(H,18,19)/p-1. The van der Waals surface area contributed by atoms with Crippen LogP contribution in [0.25, 0.3) is 0 Å². The lowest BCUT2D eigenvalue weighted by Gasteiger charge is -2.14. The first-order valence-electron chi connectivity index (χ1n) is 6.99. The molecular weight excluding hydrogens is 284 g/mol. The number of carboxylic acid groups (broad SMARTS) is 1. The molecule has 0 bridgehead atoms. The summed E-state index contributed by atoms with van der Waals surface area (Å²) in [4.78, 5) is 10.9. The van der Waals surface area contributed by atoms with Crippen LogP contribution in [-0.2, 0) is 0 Å². The Hall–Kier alpha value is -2.69. The van der Waals surface area contributed by atoms with Gasteiger partial charge < -0.3 is 24.1 Å². The lowest BCUT2D eigenvalue weighted by Crippen LogP contribution is -2.22. The van der Waals surface area contributed by atoms with E-state index >= 15 is 0 Å². The number of carboxylic acids is 1. The van der Waals surface area contributed by atoms with Gasteiger partial charge in [-0.05, 0) is 37.3 Å². The number of ether oxygens (including phenoxy) is 3. The van der Waals surface area contributed by atoms with Gasteiger partial charge in [0.05, 0.1) is 12.6 Å². The number of hydrogen-bond donors (Lipinski definition) is 0. The lowest BCUT2D eigenvalue weighted by molar-refractivity contribution is -0.255. The predicted octanol–water partition coefficient (Wildman–Crippen LogP) is 1.91. The Morgan fingerprint density at radius 3 is 2.36 bits per heavy atom. The summed E-state index contributed by atoms with van der Waals surface area (Å²) in [6, 6.07) is 13.8. The van der Waals surface area contributed by atoms with Crippen LogP contribution in [0.4, 0.5) is 0 Å². The summed E-state index contributed by atoms with van der Waals surface area (Å²) < 4.78 is 16.5. The molecule has 0 saturated carbocycles. The largest absolute Gasteiger partial charge is 0.545 e. The highest BCUT2D eigenvalue weighted by molar-refractivity contribution is 5.86. The van der Waals surface area contributed by atoms with Crippen LogP contribution in [0.1, 0.15) is 17.3 Å². The van der Waals surface area contributed by atoms with Crippen molar-refractivity contribution in [2.75, 3.05) is 19.8 Å². The monoisotopic (exact) mass is 301 g/mol. The van der Waals surface area contributed by atoms with Crippen molar-refractivity contribution in [3.05, 3.63) is 54.1 Å². The van der Waals surface area contributed by atoms with E-state index in [4.69, 9.17) is 14.2 Å². The van der Waals surface area contributed by atoms with E-state index in [1.807, 2.05) is 37.3 Å². The van der Waals surface area contributed by atoms with Crippen LogP contribution in [0.5, 0.6) is 17.2 Å². The molecule has 0 radical (unpaired) electrons. The molecule has 0 aliphatic rings. The summed E-state index contributed by atoms with van der Waals surface area (Å²) in [5.74, 6) is 0.371. The third-order valence-corrected chi connectivity index (χ3v) is 2.83. The fourth-order valence-electron chi connectivity index (χ4n) is 1.85. The van der Waals surface area contributed by atoms with Gasteiger partial charge in [-0.25, -0.2) is 0 Å². The second-order valence-corrected chi connectivity index (χ2v) is 4.39. The maximum Gasteiger partial charge on any atom is 0.161 e. The fraction of sp³-hybridized carbons (Fsp3) is 0.235. The van der Waals surface area contributed by atoms with Gasteiger partial charge in [0.2, 0.25) is 0 Å². The van der Waals surface area contributed by atoms with Crippen molar-refractivity contribution in [2.24, 2.45) is 0 Å². The van der Waals surface area contributed by atoms with Gasteiger partial charge in [0.1, 0.15) is 19.0 Å². The Kier molecular flexibility index (Phi) is 5.65. The van der Waals surface area contributed by atoms with Gasteiger partial charge in [-0.2, -0.15) is 0 Å². The van der Waals surface area contributed by atoms with Crippen LogP contribution in [0.2, 0.25) is 0 Å². The number of para-hydroxylation sites is 1. The second-order valence-electron chi connectivity index (χ2n) is 4.39. The van der Waals surface area contributed by atoms with E-state index in [-0.39, 0.29) is 5.56 Å². The smallest absolute Gasteiger partial charge is 0.161 e. The van der Waals surface area contributed by atoms with Gasteiger partial charge >= 0.3 is 0 Å². The van der Waals surface area contributed by atoms with Crippen LogP contribution in [-0.4, -0.2) is 25.8 Å². The maximum absolute atomic E-state index is 10.9. The van der Waals surface area contributed by atoms with Crippen LogP contribution >= 0.6 is 0 Å². The molecule has 0 saturated heterocycles. The Balaban J connectivity index is 1.92. The molecule has 0 amide bonds. The van der Waals surface area contributed by atoms with Gasteiger partial charge in [-0.3, -0.25) is 0 Å². The van der Waals surface area contributed by atoms with Crippen molar-refractivity contribution in [3.8, 4) is 17.2 Å². The van der Waals surface area contributed by atoms with Crippen molar-refractivity contribution in [3.63, 3.8) is 0 Å². The van der Waals surface area contributed by atoms with Crippen LogP contribution in [0, 0.1) is 0 Å². The molecule has 0 aliphatic heterocycles. The zero-order valence-electron chi connectivity index (χ0n) is 12.3. The van der Waals surface area contributed by atoms with Crippen molar-refractivity contribution in [2.45, 2.75) is 6.92 Å². The summed E-state index contributed by atoms with van der Waals surface area (Å²) in [7, 11) is 0. The van der Waals surface area contributed by atoms with Crippen molar-refractivity contribution in [1.82, 2.24) is 0 Å². The molecule has 5 heteroatoms. The number of rotatable bonds is 8. The summed E-state index contributed by atoms with van der Waals surface area (Å²) in [5.41, 5.74) is 0.0522. The van der Waals surface area contributed by atoms with Crippen LogP contribution in [0.3, 0.4) is 0 Å². The molecular formula is C17H17O5-. The van der Waals surface area contributed by atoms with E-state index < -0.39 is 5.97 Å². The van der Waals surface area contributed by atoms with E-state index in [1.54, 1.807) is 6.07 Å². The summed E-state index contributed by atoms with van der Waals surface area (Å²) >= 11 is 0. The van der Waals surface area contributed by atoms with Crippen molar-refractivity contribution < 1.29 is 24.1 Å². The maximum atomic E-state index is 10.9. The predicted molar refractivity (Wildman–Crippen MR) is 79.4 cm³/mol. The minimum absolute atomic E-state index is 0.0522. The number of carbonyl (C=O) groups is 1. The van der Waals surface area contributed by atoms with Crippen molar-refractivity contribution >= 4 is 5.97 Å². The van der Waals surface area contributed by atoms with E-state index in [0.717, 1.165) is 5.75 Å².